The number of aromatic amines is 1. The molecule has 1 aromatic carbocycles. The van der Waals surface area contributed by atoms with Crippen LogP contribution in [0.3, 0.4) is 0 Å². The summed E-state index contributed by atoms with van der Waals surface area (Å²) in [5.41, 5.74) is 4.61. The molecule has 118 valence electrons. The molecule has 0 radical (unpaired) electrons. The van der Waals surface area contributed by atoms with Crippen LogP contribution in [0.15, 0.2) is 36.7 Å². The van der Waals surface area contributed by atoms with Crippen molar-refractivity contribution >= 4 is 16.8 Å². The maximum Gasteiger partial charge on any atom is 0.255 e. The van der Waals surface area contributed by atoms with Crippen LogP contribution in [0.4, 0.5) is 0 Å². The smallest absolute Gasteiger partial charge is 0.255 e. The molecular formula is C18H20N4O. The molecule has 0 atom stereocenters. The van der Waals surface area contributed by atoms with E-state index >= 15 is 0 Å². The number of fused-ring (bicyclic) bond motifs is 1. The number of pyridine rings is 1. The zero-order valence-electron chi connectivity index (χ0n) is 13.6. The van der Waals surface area contributed by atoms with Gasteiger partial charge in [0, 0.05) is 25.2 Å². The third kappa shape index (κ3) is 3.23. The van der Waals surface area contributed by atoms with Crippen LogP contribution in [-0.4, -0.2) is 39.6 Å². The molecule has 23 heavy (non-hydrogen) atoms. The Balaban J connectivity index is 1.83. The maximum absolute atomic E-state index is 12.7. The molecule has 1 N–H and O–H groups in total. The van der Waals surface area contributed by atoms with E-state index in [4.69, 9.17) is 0 Å². The summed E-state index contributed by atoms with van der Waals surface area (Å²) < 4.78 is 0. The van der Waals surface area contributed by atoms with Crippen LogP contribution < -0.4 is 0 Å². The third-order valence-electron chi connectivity index (χ3n) is 4.03. The first-order valence-electron chi connectivity index (χ1n) is 7.66. The molecule has 3 rings (SSSR count). The number of carbonyl (C=O) groups is 1. The normalized spacial score (nSPS) is 10.9. The summed E-state index contributed by atoms with van der Waals surface area (Å²) in [5.74, 6) is 0.00176. The van der Waals surface area contributed by atoms with Crippen molar-refractivity contribution in [2.75, 3.05) is 13.6 Å². The number of benzene rings is 1. The standard InChI is InChI=1S/C18H20N4O/c1-12-4-5-17-15(8-12)9-16(13(2)21-17)18(23)22(3)7-6-14-10-19-20-11-14/h4-5,8-11H,6-7H2,1-3H3,(H,19,20). The molecule has 3 aromatic rings. The van der Waals surface area contributed by atoms with Crippen LogP contribution in [0.5, 0.6) is 0 Å². The third-order valence-corrected chi connectivity index (χ3v) is 4.03. The van der Waals surface area contributed by atoms with Crippen molar-refractivity contribution in [1.29, 1.82) is 0 Å². The number of carbonyl (C=O) groups excluding carboxylic acids is 1. The van der Waals surface area contributed by atoms with Gasteiger partial charge < -0.3 is 4.90 Å². The molecule has 0 bridgehead atoms. The first-order valence-corrected chi connectivity index (χ1v) is 7.66. The summed E-state index contributed by atoms with van der Waals surface area (Å²) >= 11 is 0. The van der Waals surface area contributed by atoms with Crippen molar-refractivity contribution in [1.82, 2.24) is 20.1 Å². The number of aromatic nitrogens is 3. The molecule has 5 nitrogen and oxygen atoms in total. The van der Waals surface area contributed by atoms with Gasteiger partial charge in [0.2, 0.25) is 0 Å². The summed E-state index contributed by atoms with van der Waals surface area (Å²) in [6, 6.07) is 8.03. The Bertz CT molecular complexity index is 840. The highest BCUT2D eigenvalue weighted by atomic mass is 16.2. The topological polar surface area (TPSA) is 61.9 Å². The van der Waals surface area contributed by atoms with Crippen molar-refractivity contribution in [2.24, 2.45) is 0 Å². The number of likely N-dealkylation sites (N-methyl/N-ethyl adjacent to an activating group) is 1. The average molecular weight is 308 g/mol. The number of amides is 1. The van der Waals surface area contributed by atoms with E-state index in [9.17, 15) is 4.79 Å². The molecule has 0 saturated heterocycles. The van der Waals surface area contributed by atoms with Gasteiger partial charge in [-0.3, -0.25) is 14.9 Å². The summed E-state index contributed by atoms with van der Waals surface area (Å²) in [4.78, 5) is 19.0. The van der Waals surface area contributed by atoms with E-state index in [-0.39, 0.29) is 5.91 Å². The zero-order valence-corrected chi connectivity index (χ0v) is 13.6. The Kier molecular flexibility index (Phi) is 4.10. The molecule has 0 aliphatic rings. The average Bonchev–Trinajstić information content (AvgIpc) is 3.05. The fourth-order valence-electron chi connectivity index (χ4n) is 2.63. The van der Waals surface area contributed by atoms with Gasteiger partial charge in [-0.2, -0.15) is 5.10 Å². The van der Waals surface area contributed by atoms with E-state index in [1.807, 2.05) is 45.3 Å². The lowest BCUT2D eigenvalue weighted by molar-refractivity contribution is 0.0795. The Morgan fingerprint density at radius 1 is 1.26 bits per heavy atom. The van der Waals surface area contributed by atoms with Crippen LogP contribution >= 0.6 is 0 Å². The quantitative estimate of drug-likeness (QED) is 0.806. The number of nitrogens with one attached hydrogen (secondary N) is 1. The number of nitrogens with zero attached hydrogens (tertiary/aromatic N) is 3. The van der Waals surface area contributed by atoms with Crippen LogP contribution in [0.1, 0.15) is 27.2 Å². The number of rotatable bonds is 4. The second kappa shape index (κ2) is 6.20. The molecular weight excluding hydrogens is 288 g/mol. The lowest BCUT2D eigenvalue weighted by Gasteiger charge is -2.18. The SMILES string of the molecule is Cc1ccc2nc(C)c(C(=O)N(C)CCc3cn[nH]c3)cc2c1. The monoisotopic (exact) mass is 308 g/mol. The van der Waals surface area contributed by atoms with Crippen molar-refractivity contribution in [3.8, 4) is 0 Å². The fourth-order valence-corrected chi connectivity index (χ4v) is 2.63. The van der Waals surface area contributed by atoms with Crippen molar-refractivity contribution in [3.05, 3.63) is 59.0 Å². The molecule has 1 amide bonds. The van der Waals surface area contributed by atoms with Gasteiger partial charge in [-0.25, -0.2) is 0 Å². The molecule has 0 spiro atoms. The summed E-state index contributed by atoms with van der Waals surface area (Å²) in [6.45, 7) is 4.57. The predicted octanol–water partition coefficient (Wildman–Crippen LogP) is 2.89. The van der Waals surface area contributed by atoms with Crippen molar-refractivity contribution < 1.29 is 4.79 Å². The molecule has 2 aromatic heterocycles. The number of H-pyrrole nitrogens is 1. The van der Waals surface area contributed by atoms with E-state index in [1.54, 1.807) is 11.1 Å². The summed E-state index contributed by atoms with van der Waals surface area (Å²) in [5, 5.41) is 7.71. The minimum absolute atomic E-state index is 0.00176. The number of aryl methyl sites for hydroxylation is 2. The van der Waals surface area contributed by atoms with Gasteiger partial charge in [0.05, 0.1) is 23.0 Å². The highest BCUT2D eigenvalue weighted by molar-refractivity contribution is 5.98. The lowest BCUT2D eigenvalue weighted by atomic mass is 10.1. The van der Waals surface area contributed by atoms with Crippen molar-refractivity contribution in [3.63, 3.8) is 0 Å². The highest BCUT2D eigenvalue weighted by Gasteiger charge is 2.16. The maximum atomic E-state index is 12.7. The molecule has 0 fully saturated rings. The van der Waals surface area contributed by atoms with Crippen LogP contribution in [-0.2, 0) is 6.42 Å². The Hall–Kier alpha value is -2.69. The first kappa shape index (κ1) is 15.2. The first-order chi connectivity index (χ1) is 11.0. The Morgan fingerprint density at radius 2 is 2.09 bits per heavy atom. The molecule has 0 aliphatic heterocycles. The van der Waals surface area contributed by atoms with E-state index in [2.05, 4.69) is 21.2 Å². The number of hydrogen-bond donors (Lipinski definition) is 1. The van der Waals surface area contributed by atoms with E-state index in [0.717, 1.165) is 34.1 Å². The largest absolute Gasteiger partial charge is 0.341 e. The molecule has 2 heterocycles. The van der Waals surface area contributed by atoms with Gasteiger partial charge in [0.25, 0.3) is 5.91 Å². The molecule has 0 unspecified atom stereocenters. The fraction of sp³-hybridized carbons (Fsp3) is 0.278. The summed E-state index contributed by atoms with van der Waals surface area (Å²) in [6.07, 6.45) is 4.41. The minimum atomic E-state index is 0.00176. The summed E-state index contributed by atoms with van der Waals surface area (Å²) in [7, 11) is 1.82. The van der Waals surface area contributed by atoms with E-state index in [0.29, 0.717) is 12.1 Å². The molecule has 5 heteroatoms. The van der Waals surface area contributed by atoms with Gasteiger partial charge >= 0.3 is 0 Å². The minimum Gasteiger partial charge on any atom is -0.341 e. The number of hydrogen-bond acceptors (Lipinski definition) is 3. The van der Waals surface area contributed by atoms with Gasteiger partial charge in [0.1, 0.15) is 0 Å². The van der Waals surface area contributed by atoms with Crippen molar-refractivity contribution in [2.45, 2.75) is 20.3 Å². The van der Waals surface area contributed by atoms with E-state index in [1.165, 1.54) is 0 Å². The van der Waals surface area contributed by atoms with E-state index < -0.39 is 0 Å². The molecule has 0 aliphatic carbocycles. The van der Waals surface area contributed by atoms with Gasteiger partial charge in [0.15, 0.2) is 0 Å². The Morgan fingerprint density at radius 3 is 2.83 bits per heavy atom. The van der Waals surface area contributed by atoms with Crippen LogP contribution in [0.25, 0.3) is 10.9 Å². The Labute approximate surface area is 135 Å². The zero-order chi connectivity index (χ0) is 16.4. The second-order valence-corrected chi connectivity index (χ2v) is 5.90. The van der Waals surface area contributed by atoms with Gasteiger partial charge in [-0.1, -0.05) is 11.6 Å². The second-order valence-electron chi connectivity index (χ2n) is 5.90. The lowest BCUT2D eigenvalue weighted by Crippen LogP contribution is -2.29. The van der Waals surface area contributed by atoms with Crippen LogP contribution in [0, 0.1) is 13.8 Å². The molecule has 0 saturated carbocycles. The highest BCUT2D eigenvalue weighted by Crippen LogP contribution is 2.19. The predicted molar refractivity (Wildman–Crippen MR) is 90.5 cm³/mol. The van der Waals surface area contributed by atoms with Gasteiger partial charge in [-0.15, -0.1) is 0 Å². The van der Waals surface area contributed by atoms with Crippen LogP contribution in [0.2, 0.25) is 0 Å². The van der Waals surface area contributed by atoms with Gasteiger partial charge in [-0.05, 0) is 44.0 Å².